The lowest BCUT2D eigenvalue weighted by Gasteiger charge is -2.10. The summed E-state index contributed by atoms with van der Waals surface area (Å²) in [6, 6.07) is 15.2. The van der Waals surface area contributed by atoms with Crippen LogP contribution in [0.3, 0.4) is 0 Å². The quantitative estimate of drug-likeness (QED) is 0.593. The predicted molar refractivity (Wildman–Crippen MR) is 111 cm³/mol. The number of benzene rings is 2. The predicted octanol–water partition coefficient (Wildman–Crippen LogP) is 4.79. The van der Waals surface area contributed by atoms with Crippen molar-refractivity contribution in [3.63, 3.8) is 0 Å². The number of ketones is 1. The van der Waals surface area contributed by atoms with E-state index in [-0.39, 0.29) is 12.4 Å². The fraction of sp³-hybridized carbons (Fsp3) is 0.364. The first-order valence-corrected chi connectivity index (χ1v) is 10.5. The minimum atomic E-state index is -1.02. The molecule has 148 valence electrons. The minimum absolute atomic E-state index is 0.00251. The molecule has 0 unspecified atom stereocenters. The zero-order chi connectivity index (χ0) is 19.8. The summed E-state index contributed by atoms with van der Waals surface area (Å²) in [6.07, 6.45) is 4.71. The number of Topliss-reactive ketones (excluding diaryl/α,β-unsaturated/α-hetero) is 1. The van der Waals surface area contributed by atoms with E-state index >= 15 is 0 Å². The van der Waals surface area contributed by atoms with Crippen LogP contribution in [0.5, 0.6) is 5.75 Å². The first kappa shape index (κ1) is 20.3. The summed E-state index contributed by atoms with van der Waals surface area (Å²) in [6.45, 7) is 0.362. The fourth-order valence-electron chi connectivity index (χ4n) is 3.24. The van der Waals surface area contributed by atoms with Crippen molar-refractivity contribution in [2.75, 3.05) is 13.2 Å². The Balaban J connectivity index is 1.48. The van der Waals surface area contributed by atoms with Gasteiger partial charge >= 0.3 is 6.09 Å². The van der Waals surface area contributed by atoms with Gasteiger partial charge in [-0.25, -0.2) is 4.79 Å². The van der Waals surface area contributed by atoms with E-state index in [0.29, 0.717) is 29.5 Å². The summed E-state index contributed by atoms with van der Waals surface area (Å²) in [5.41, 5.74) is 1.68. The van der Waals surface area contributed by atoms with Gasteiger partial charge in [0.25, 0.3) is 0 Å². The number of nitrogens with one attached hydrogen (secondary N) is 1. The molecule has 0 aliphatic heterocycles. The molecular formula is C22H25NO4S. The summed E-state index contributed by atoms with van der Waals surface area (Å²) in [5.74, 6) is 0.586. The molecule has 2 aromatic carbocycles. The maximum atomic E-state index is 12.5. The molecule has 0 spiro atoms. The van der Waals surface area contributed by atoms with Crippen molar-refractivity contribution in [1.82, 2.24) is 5.32 Å². The molecule has 28 heavy (non-hydrogen) atoms. The molecule has 0 atom stereocenters. The van der Waals surface area contributed by atoms with Crippen LogP contribution in [0.2, 0.25) is 0 Å². The second-order valence-electron chi connectivity index (χ2n) is 6.89. The summed E-state index contributed by atoms with van der Waals surface area (Å²) in [7, 11) is 0. The monoisotopic (exact) mass is 399 g/mol. The molecule has 0 aromatic heterocycles. The van der Waals surface area contributed by atoms with Gasteiger partial charge in [-0.15, -0.1) is 11.8 Å². The van der Waals surface area contributed by atoms with E-state index in [2.05, 4.69) is 11.4 Å². The van der Waals surface area contributed by atoms with Crippen molar-refractivity contribution in [2.45, 2.75) is 42.2 Å². The zero-order valence-corrected chi connectivity index (χ0v) is 16.5. The molecule has 0 bridgehead atoms. The van der Waals surface area contributed by atoms with Gasteiger partial charge < -0.3 is 15.2 Å². The van der Waals surface area contributed by atoms with Gasteiger partial charge in [-0.3, -0.25) is 4.79 Å². The highest BCUT2D eigenvalue weighted by atomic mass is 32.2. The van der Waals surface area contributed by atoms with E-state index in [1.54, 1.807) is 12.1 Å². The third-order valence-corrected chi connectivity index (χ3v) is 6.07. The van der Waals surface area contributed by atoms with Crippen LogP contribution in [-0.4, -0.2) is 35.4 Å². The lowest BCUT2D eigenvalue weighted by Crippen LogP contribution is -2.23. The smallest absolute Gasteiger partial charge is 0.404 e. The van der Waals surface area contributed by atoms with Crippen molar-refractivity contribution >= 4 is 23.6 Å². The summed E-state index contributed by atoms with van der Waals surface area (Å²) >= 11 is 1.87. The highest BCUT2D eigenvalue weighted by Crippen LogP contribution is 2.34. The van der Waals surface area contributed by atoms with E-state index in [4.69, 9.17) is 9.84 Å². The number of carbonyl (C=O) groups is 2. The topological polar surface area (TPSA) is 75.6 Å². The summed E-state index contributed by atoms with van der Waals surface area (Å²) < 4.78 is 5.63. The number of hydrogen-bond donors (Lipinski definition) is 2. The standard InChI is InChI=1S/C22H25NO4S/c24-21(17-4-3-7-20(14-17)28-19-5-1-2-6-19)15-27-18-10-8-16(9-11-18)12-13-23-22(25)26/h3-4,7-11,14,19,23H,1-2,5-6,12-13,15H2,(H,25,26). The minimum Gasteiger partial charge on any atom is -0.485 e. The molecule has 1 fully saturated rings. The number of amides is 1. The van der Waals surface area contributed by atoms with Gasteiger partial charge in [0, 0.05) is 22.3 Å². The van der Waals surface area contributed by atoms with Crippen LogP contribution in [0.4, 0.5) is 4.79 Å². The maximum absolute atomic E-state index is 12.5. The summed E-state index contributed by atoms with van der Waals surface area (Å²) in [5, 5.41) is 11.6. The Kier molecular flexibility index (Phi) is 7.37. The molecule has 1 saturated carbocycles. The number of ether oxygens (including phenoxy) is 1. The largest absolute Gasteiger partial charge is 0.485 e. The number of carboxylic acid groups (broad SMARTS) is 1. The fourth-order valence-corrected chi connectivity index (χ4v) is 4.55. The molecule has 2 N–H and O–H groups in total. The number of rotatable bonds is 9. The van der Waals surface area contributed by atoms with Crippen LogP contribution in [0, 0.1) is 0 Å². The maximum Gasteiger partial charge on any atom is 0.404 e. The first-order valence-electron chi connectivity index (χ1n) is 9.58. The van der Waals surface area contributed by atoms with Crippen LogP contribution < -0.4 is 10.1 Å². The Morgan fingerprint density at radius 1 is 1.11 bits per heavy atom. The molecule has 0 saturated heterocycles. The van der Waals surface area contributed by atoms with Crippen LogP contribution in [0.15, 0.2) is 53.4 Å². The van der Waals surface area contributed by atoms with Crippen molar-refractivity contribution in [3.8, 4) is 5.75 Å². The normalized spacial score (nSPS) is 14.0. The highest BCUT2D eigenvalue weighted by Gasteiger charge is 2.17. The number of thioether (sulfide) groups is 1. The second-order valence-corrected chi connectivity index (χ2v) is 8.26. The Labute approximate surface area is 169 Å². The summed E-state index contributed by atoms with van der Waals surface area (Å²) in [4.78, 5) is 24.1. The molecule has 1 aliphatic rings. The van der Waals surface area contributed by atoms with E-state index in [1.807, 2.05) is 42.1 Å². The third kappa shape index (κ3) is 6.30. The SMILES string of the molecule is O=C(O)NCCc1ccc(OCC(=O)c2cccc(SC3CCCC3)c2)cc1. The average molecular weight is 400 g/mol. The van der Waals surface area contributed by atoms with Gasteiger partial charge in [-0.2, -0.15) is 0 Å². The van der Waals surface area contributed by atoms with Gasteiger partial charge in [0.1, 0.15) is 5.75 Å². The van der Waals surface area contributed by atoms with E-state index in [9.17, 15) is 9.59 Å². The van der Waals surface area contributed by atoms with Crippen molar-refractivity contribution in [2.24, 2.45) is 0 Å². The van der Waals surface area contributed by atoms with Crippen molar-refractivity contribution in [1.29, 1.82) is 0 Å². The molecule has 2 aromatic rings. The van der Waals surface area contributed by atoms with Gasteiger partial charge in [0.05, 0.1) is 0 Å². The molecule has 5 nitrogen and oxygen atoms in total. The van der Waals surface area contributed by atoms with Crippen molar-refractivity contribution < 1.29 is 19.4 Å². The molecular weight excluding hydrogens is 374 g/mol. The van der Waals surface area contributed by atoms with Gasteiger partial charge in [0.2, 0.25) is 0 Å². The van der Waals surface area contributed by atoms with Gasteiger partial charge in [-0.05, 0) is 49.1 Å². The van der Waals surface area contributed by atoms with Crippen LogP contribution >= 0.6 is 11.8 Å². The van der Waals surface area contributed by atoms with Crippen LogP contribution in [-0.2, 0) is 6.42 Å². The lowest BCUT2D eigenvalue weighted by molar-refractivity contribution is 0.0921. The molecule has 0 heterocycles. The van der Waals surface area contributed by atoms with Gasteiger partial charge in [-0.1, -0.05) is 37.1 Å². The molecule has 1 amide bonds. The zero-order valence-electron chi connectivity index (χ0n) is 15.7. The van der Waals surface area contributed by atoms with Crippen LogP contribution in [0.25, 0.3) is 0 Å². The van der Waals surface area contributed by atoms with Crippen molar-refractivity contribution in [3.05, 3.63) is 59.7 Å². The van der Waals surface area contributed by atoms with Crippen LogP contribution in [0.1, 0.15) is 41.6 Å². The van der Waals surface area contributed by atoms with E-state index in [0.717, 1.165) is 10.5 Å². The second kappa shape index (κ2) is 10.2. The molecule has 1 aliphatic carbocycles. The lowest BCUT2D eigenvalue weighted by atomic mass is 10.1. The first-order chi connectivity index (χ1) is 13.6. The molecule has 3 rings (SSSR count). The van der Waals surface area contributed by atoms with Gasteiger partial charge in [0.15, 0.2) is 12.4 Å². The molecule has 0 radical (unpaired) electrons. The number of hydrogen-bond acceptors (Lipinski definition) is 4. The average Bonchev–Trinajstić information content (AvgIpc) is 3.20. The highest BCUT2D eigenvalue weighted by molar-refractivity contribution is 8.00. The Morgan fingerprint density at radius 2 is 1.86 bits per heavy atom. The molecule has 6 heteroatoms. The third-order valence-electron chi connectivity index (χ3n) is 4.74. The Hall–Kier alpha value is -2.47. The Morgan fingerprint density at radius 3 is 2.57 bits per heavy atom. The Bertz CT molecular complexity index is 800. The number of carbonyl (C=O) groups excluding carboxylic acids is 1. The van der Waals surface area contributed by atoms with E-state index in [1.165, 1.54) is 25.7 Å². The van der Waals surface area contributed by atoms with E-state index < -0.39 is 6.09 Å².